The molecule has 2 nitrogen and oxygen atoms in total. The van der Waals surface area contributed by atoms with Crippen LogP contribution in [0, 0.1) is 0 Å². The largest absolute Gasteiger partial charge is 0.367 e. The first kappa shape index (κ1) is 8.78. The van der Waals surface area contributed by atoms with Crippen LogP contribution < -0.4 is 5.32 Å². The van der Waals surface area contributed by atoms with Crippen molar-refractivity contribution in [2.75, 3.05) is 11.9 Å². The van der Waals surface area contributed by atoms with Crippen molar-refractivity contribution in [2.24, 2.45) is 0 Å². The van der Waals surface area contributed by atoms with Gasteiger partial charge >= 0.3 is 0 Å². The lowest BCUT2D eigenvalue weighted by Crippen LogP contribution is -1.99. The van der Waals surface area contributed by atoms with E-state index in [0.29, 0.717) is 0 Å². The molecule has 0 aliphatic rings. The number of aromatic nitrogens is 1. The van der Waals surface area contributed by atoms with E-state index >= 15 is 0 Å². The number of rotatable bonds is 4. The summed E-state index contributed by atoms with van der Waals surface area (Å²) in [7, 11) is 0. The van der Waals surface area contributed by atoms with Gasteiger partial charge in [0, 0.05) is 12.7 Å². The second-order valence-corrected chi connectivity index (χ2v) is 2.57. The zero-order valence-electron chi connectivity index (χ0n) is 7.38. The molecular weight excluding hydrogens is 148 g/mol. The third kappa shape index (κ3) is 2.38. The topological polar surface area (TPSA) is 24.9 Å². The van der Waals surface area contributed by atoms with Gasteiger partial charge in [-0.05, 0) is 18.1 Å². The van der Waals surface area contributed by atoms with Crippen LogP contribution in [0.5, 0.6) is 0 Å². The molecule has 1 N–H and O–H groups in total. The first-order chi connectivity index (χ1) is 5.86. The molecule has 0 bridgehead atoms. The summed E-state index contributed by atoms with van der Waals surface area (Å²) in [6, 6.07) is 4.07. The fourth-order valence-electron chi connectivity index (χ4n) is 0.915. The van der Waals surface area contributed by atoms with Crippen molar-refractivity contribution in [3.63, 3.8) is 0 Å². The van der Waals surface area contributed by atoms with Gasteiger partial charge in [-0.25, -0.2) is 4.98 Å². The average Bonchev–Trinajstić information content (AvgIpc) is 2.15. The molecule has 1 aromatic heterocycles. The highest BCUT2D eigenvalue weighted by molar-refractivity contribution is 5.35. The van der Waals surface area contributed by atoms with Gasteiger partial charge in [-0.2, -0.15) is 0 Å². The van der Waals surface area contributed by atoms with E-state index < -0.39 is 0 Å². The minimum atomic E-state index is 0.762. The molecule has 0 saturated carbocycles. The Morgan fingerprint density at radius 2 is 2.42 bits per heavy atom. The summed E-state index contributed by atoms with van der Waals surface area (Å²) in [6.07, 6.45) is 4.75. The SMILES string of the molecule is C=CCNc1ccc(CC)cn1. The van der Waals surface area contributed by atoms with Crippen LogP contribution in [0.2, 0.25) is 0 Å². The number of nitrogens with one attached hydrogen (secondary N) is 1. The van der Waals surface area contributed by atoms with Gasteiger partial charge in [0.25, 0.3) is 0 Å². The number of hydrogen-bond acceptors (Lipinski definition) is 2. The van der Waals surface area contributed by atoms with E-state index in [1.807, 2.05) is 18.3 Å². The van der Waals surface area contributed by atoms with Crippen LogP contribution in [0.25, 0.3) is 0 Å². The van der Waals surface area contributed by atoms with Gasteiger partial charge in [0.2, 0.25) is 0 Å². The molecule has 0 saturated heterocycles. The molecule has 0 aliphatic carbocycles. The molecule has 1 rings (SSSR count). The molecular formula is C10H14N2. The Bertz CT molecular complexity index is 239. The molecule has 0 amide bonds. The standard InChI is InChI=1S/C10H14N2/c1-3-7-11-10-6-5-9(4-2)8-12-10/h3,5-6,8H,1,4,7H2,2H3,(H,11,12). The van der Waals surface area contributed by atoms with Crippen molar-refractivity contribution >= 4 is 5.82 Å². The minimum absolute atomic E-state index is 0.762. The molecule has 0 atom stereocenters. The van der Waals surface area contributed by atoms with E-state index in [2.05, 4.69) is 29.9 Å². The van der Waals surface area contributed by atoms with Crippen molar-refractivity contribution in [3.05, 3.63) is 36.5 Å². The van der Waals surface area contributed by atoms with Gasteiger partial charge in [-0.15, -0.1) is 6.58 Å². The lowest BCUT2D eigenvalue weighted by molar-refractivity contribution is 1.10. The normalized spacial score (nSPS) is 9.42. The second kappa shape index (κ2) is 4.54. The Kier molecular flexibility index (Phi) is 3.33. The molecule has 0 aromatic carbocycles. The summed E-state index contributed by atoms with van der Waals surface area (Å²) in [5, 5.41) is 3.12. The van der Waals surface area contributed by atoms with E-state index in [1.54, 1.807) is 0 Å². The molecule has 0 spiro atoms. The van der Waals surface area contributed by atoms with Gasteiger partial charge < -0.3 is 5.32 Å². The molecule has 1 heterocycles. The fraction of sp³-hybridized carbons (Fsp3) is 0.300. The molecule has 0 unspecified atom stereocenters. The lowest BCUT2D eigenvalue weighted by Gasteiger charge is -2.02. The number of hydrogen-bond donors (Lipinski definition) is 1. The van der Waals surface area contributed by atoms with Gasteiger partial charge in [-0.3, -0.25) is 0 Å². The maximum absolute atomic E-state index is 4.23. The van der Waals surface area contributed by atoms with Gasteiger partial charge in [-0.1, -0.05) is 19.1 Å². The average molecular weight is 162 g/mol. The van der Waals surface area contributed by atoms with E-state index in [4.69, 9.17) is 0 Å². The summed E-state index contributed by atoms with van der Waals surface area (Å²) in [6.45, 7) is 6.50. The van der Waals surface area contributed by atoms with Crippen molar-refractivity contribution in [1.82, 2.24) is 4.98 Å². The van der Waals surface area contributed by atoms with Crippen LogP contribution in [0.4, 0.5) is 5.82 Å². The Hall–Kier alpha value is -1.31. The summed E-state index contributed by atoms with van der Waals surface area (Å²) in [5.41, 5.74) is 1.26. The molecule has 0 fully saturated rings. The van der Waals surface area contributed by atoms with Crippen LogP contribution in [-0.4, -0.2) is 11.5 Å². The van der Waals surface area contributed by atoms with Crippen LogP contribution in [0.1, 0.15) is 12.5 Å². The molecule has 12 heavy (non-hydrogen) atoms. The maximum atomic E-state index is 4.23. The van der Waals surface area contributed by atoms with Crippen LogP contribution in [0.3, 0.4) is 0 Å². The van der Waals surface area contributed by atoms with E-state index in [1.165, 1.54) is 5.56 Å². The number of pyridine rings is 1. The molecule has 64 valence electrons. The highest BCUT2D eigenvalue weighted by Crippen LogP contribution is 2.04. The maximum Gasteiger partial charge on any atom is 0.126 e. The second-order valence-electron chi connectivity index (χ2n) is 2.57. The predicted molar refractivity (Wildman–Crippen MR) is 52.3 cm³/mol. The third-order valence-corrected chi connectivity index (χ3v) is 1.66. The summed E-state index contributed by atoms with van der Waals surface area (Å²) in [4.78, 5) is 4.23. The molecule has 0 aliphatic heterocycles. The molecule has 1 aromatic rings. The molecule has 2 heteroatoms. The fourth-order valence-corrected chi connectivity index (χ4v) is 0.915. The monoisotopic (exact) mass is 162 g/mol. The zero-order valence-corrected chi connectivity index (χ0v) is 7.38. The van der Waals surface area contributed by atoms with Crippen molar-refractivity contribution in [2.45, 2.75) is 13.3 Å². The summed E-state index contributed by atoms with van der Waals surface area (Å²) < 4.78 is 0. The first-order valence-electron chi connectivity index (χ1n) is 4.16. The Morgan fingerprint density at radius 1 is 1.58 bits per heavy atom. The van der Waals surface area contributed by atoms with Crippen LogP contribution >= 0.6 is 0 Å². The third-order valence-electron chi connectivity index (χ3n) is 1.66. The number of nitrogens with zero attached hydrogens (tertiary/aromatic N) is 1. The van der Waals surface area contributed by atoms with Crippen LogP contribution in [0.15, 0.2) is 31.0 Å². The van der Waals surface area contributed by atoms with Crippen molar-refractivity contribution in [3.8, 4) is 0 Å². The van der Waals surface area contributed by atoms with E-state index in [0.717, 1.165) is 18.8 Å². The predicted octanol–water partition coefficient (Wildman–Crippen LogP) is 2.24. The smallest absolute Gasteiger partial charge is 0.126 e. The first-order valence-corrected chi connectivity index (χ1v) is 4.16. The minimum Gasteiger partial charge on any atom is -0.367 e. The highest BCUT2D eigenvalue weighted by atomic mass is 15.0. The van der Waals surface area contributed by atoms with E-state index in [9.17, 15) is 0 Å². The zero-order chi connectivity index (χ0) is 8.81. The summed E-state index contributed by atoms with van der Waals surface area (Å²) in [5.74, 6) is 0.909. The number of aryl methyl sites for hydroxylation is 1. The quantitative estimate of drug-likeness (QED) is 0.687. The van der Waals surface area contributed by atoms with Gasteiger partial charge in [0.05, 0.1) is 0 Å². The Morgan fingerprint density at radius 3 is 2.92 bits per heavy atom. The Balaban J connectivity index is 2.58. The van der Waals surface area contributed by atoms with Crippen molar-refractivity contribution in [1.29, 1.82) is 0 Å². The van der Waals surface area contributed by atoms with E-state index in [-0.39, 0.29) is 0 Å². The summed E-state index contributed by atoms with van der Waals surface area (Å²) >= 11 is 0. The van der Waals surface area contributed by atoms with Gasteiger partial charge in [0.15, 0.2) is 0 Å². The van der Waals surface area contributed by atoms with Crippen molar-refractivity contribution < 1.29 is 0 Å². The number of anilines is 1. The Labute approximate surface area is 73.3 Å². The van der Waals surface area contributed by atoms with Gasteiger partial charge in [0.1, 0.15) is 5.82 Å². The lowest BCUT2D eigenvalue weighted by atomic mass is 10.2. The molecule has 0 radical (unpaired) electrons. The highest BCUT2D eigenvalue weighted by Gasteiger charge is 1.91. The van der Waals surface area contributed by atoms with Crippen LogP contribution in [-0.2, 0) is 6.42 Å².